The molecule has 0 aliphatic carbocycles. The number of piperidine rings is 1. The molecule has 2 fully saturated rings. The largest absolute Gasteiger partial charge is 0.445 e. The first-order valence-electron chi connectivity index (χ1n) is 12.7. The van der Waals surface area contributed by atoms with Crippen LogP contribution in [0.3, 0.4) is 0 Å². The summed E-state index contributed by atoms with van der Waals surface area (Å²) < 4.78 is 31.4. The van der Waals surface area contributed by atoms with Gasteiger partial charge in [0.15, 0.2) is 6.29 Å². The predicted molar refractivity (Wildman–Crippen MR) is 136 cm³/mol. The highest BCUT2D eigenvalue weighted by Gasteiger charge is 2.20. The quantitative estimate of drug-likeness (QED) is 0.499. The van der Waals surface area contributed by atoms with Gasteiger partial charge in [-0.15, -0.1) is 0 Å². The average Bonchev–Trinajstić information content (AvgIpc) is 2.93. The number of hydrogen-bond acceptors (Lipinski definition) is 9. The lowest BCUT2D eigenvalue weighted by Crippen LogP contribution is -2.35. The number of rotatable bonds is 9. The summed E-state index contributed by atoms with van der Waals surface area (Å²) >= 11 is 0. The lowest BCUT2D eigenvalue weighted by Gasteiger charge is -2.27. The molecule has 10 nitrogen and oxygen atoms in total. The molecule has 2 saturated heterocycles. The number of hydrogen-bond donors (Lipinski definition) is 1. The normalized spacial score (nSPS) is 18.7. The predicted octanol–water partition coefficient (Wildman–Crippen LogP) is 4.04. The molecule has 3 heterocycles. The SMILES string of the molecule is CNC(=O)OCc1cccc(-c2cnc(N3CCC(=NOCC(C)OC4CCCCO4)CC3)nc2)c1F. The van der Waals surface area contributed by atoms with E-state index in [1.807, 2.05) is 6.92 Å². The Morgan fingerprint density at radius 2 is 2.05 bits per heavy atom. The summed E-state index contributed by atoms with van der Waals surface area (Å²) in [6.45, 7) is 4.36. The number of carbonyl (C=O) groups excluding carboxylic acids is 1. The van der Waals surface area contributed by atoms with Gasteiger partial charge in [-0.2, -0.15) is 0 Å². The van der Waals surface area contributed by atoms with Crippen LogP contribution in [0.1, 0.15) is 44.6 Å². The Morgan fingerprint density at radius 3 is 2.76 bits per heavy atom. The third kappa shape index (κ3) is 7.59. The van der Waals surface area contributed by atoms with Gasteiger partial charge in [0, 0.05) is 68.7 Å². The first-order chi connectivity index (χ1) is 18.0. The van der Waals surface area contributed by atoms with Crippen molar-refractivity contribution in [3.63, 3.8) is 0 Å². The summed E-state index contributed by atoms with van der Waals surface area (Å²) in [5, 5.41) is 6.64. The number of halogens is 1. The van der Waals surface area contributed by atoms with Crippen LogP contribution in [0.2, 0.25) is 0 Å². The highest BCUT2D eigenvalue weighted by molar-refractivity contribution is 5.86. The van der Waals surface area contributed by atoms with Crippen molar-refractivity contribution < 1.29 is 28.2 Å². The molecule has 0 saturated carbocycles. The summed E-state index contributed by atoms with van der Waals surface area (Å²) in [6, 6.07) is 4.93. The Hall–Kier alpha value is -3.31. The molecule has 200 valence electrons. The van der Waals surface area contributed by atoms with Gasteiger partial charge in [-0.1, -0.05) is 23.4 Å². The number of carbonyl (C=O) groups is 1. The molecular formula is C26H34FN5O5. The number of alkyl carbamates (subject to hydrolysis) is 1. The first-order valence-corrected chi connectivity index (χ1v) is 12.7. The van der Waals surface area contributed by atoms with Gasteiger partial charge in [0.25, 0.3) is 0 Å². The van der Waals surface area contributed by atoms with Crippen molar-refractivity contribution in [2.45, 2.75) is 58.0 Å². The van der Waals surface area contributed by atoms with Crippen LogP contribution in [0, 0.1) is 5.82 Å². The Morgan fingerprint density at radius 1 is 1.27 bits per heavy atom. The van der Waals surface area contributed by atoms with Crippen molar-refractivity contribution in [3.05, 3.63) is 42.0 Å². The minimum Gasteiger partial charge on any atom is -0.445 e. The van der Waals surface area contributed by atoms with E-state index in [1.54, 1.807) is 30.6 Å². The molecular weight excluding hydrogens is 481 g/mol. The summed E-state index contributed by atoms with van der Waals surface area (Å²) in [5.41, 5.74) is 2.17. The molecule has 2 atom stereocenters. The van der Waals surface area contributed by atoms with Crippen LogP contribution in [0.15, 0.2) is 35.7 Å². The summed E-state index contributed by atoms with van der Waals surface area (Å²) in [7, 11) is 1.45. The minimum atomic E-state index is -0.618. The van der Waals surface area contributed by atoms with Gasteiger partial charge in [-0.3, -0.25) is 0 Å². The zero-order valence-electron chi connectivity index (χ0n) is 21.3. The molecule has 1 aromatic carbocycles. The highest BCUT2D eigenvalue weighted by atomic mass is 19.1. The van der Waals surface area contributed by atoms with E-state index >= 15 is 0 Å². The van der Waals surface area contributed by atoms with E-state index in [0.717, 1.165) is 44.4 Å². The topological polar surface area (TPSA) is 107 Å². The van der Waals surface area contributed by atoms with Gasteiger partial charge in [-0.05, 0) is 26.2 Å². The van der Waals surface area contributed by atoms with Crippen LogP contribution < -0.4 is 10.2 Å². The Balaban J connectivity index is 1.26. The van der Waals surface area contributed by atoms with Crippen molar-refractivity contribution >= 4 is 17.8 Å². The van der Waals surface area contributed by atoms with E-state index in [1.165, 1.54) is 7.05 Å². The number of oxime groups is 1. The highest BCUT2D eigenvalue weighted by Crippen LogP contribution is 2.26. The van der Waals surface area contributed by atoms with Crippen LogP contribution >= 0.6 is 0 Å². The fourth-order valence-electron chi connectivity index (χ4n) is 4.16. The number of aromatic nitrogens is 2. The third-order valence-electron chi connectivity index (χ3n) is 6.24. The zero-order valence-corrected chi connectivity index (χ0v) is 21.3. The second-order valence-corrected chi connectivity index (χ2v) is 9.06. The summed E-state index contributed by atoms with van der Waals surface area (Å²) in [6.07, 6.45) is 6.99. The molecule has 0 spiro atoms. The maximum Gasteiger partial charge on any atom is 0.407 e. The van der Waals surface area contributed by atoms with Gasteiger partial charge in [0.05, 0.1) is 11.8 Å². The standard InChI is InChI=1S/C26H34FN5O5/c1-18(37-23-8-3-4-13-34-23)16-36-31-21-9-11-32(12-10-21)25-29-14-20(15-30-25)22-7-5-6-19(24(22)27)17-35-26(33)28-2/h5-7,14-15,18,23H,3-4,8-13,16-17H2,1-2H3,(H,28,33). The summed E-state index contributed by atoms with van der Waals surface area (Å²) in [5.74, 6) is 0.116. The molecule has 2 aromatic rings. The van der Waals surface area contributed by atoms with Crippen LogP contribution in [-0.2, 0) is 25.7 Å². The molecule has 37 heavy (non-hydrogen) atoms. The fraction of sp³-hybridized carbons (Fsp3) is 0.538. The molecule has 0 radical (unpaired) electrons. The molecule has 1 N–H and O–H groups in total. The average molecular weight is 516 g/mol. The van der Waals surface area contributed by atoms with Crippen molar-refractivity contribution in [3.8, 4) is 11.1 Å². The van der Waals surface area contributed by atoms with E-state index in [-0.39, 0.29) is 24.6 Å². The fourth-order valence-corrected chi connectivity index (χ4v) is 4.16. The van der Waals surface area contributed by atoms with Crippen molar-refractivity contribution in [1.82, 2.24) is 15.3 Å². The minimum absolute atomic E-state index is 0.0895. The van der Waals surface area contributed by atoms with Crippen molar-refractivity contribution in [2.24, 2.45) is 5.16 Å². The number of anilines is 1. The monoisotopic (exact) mass is 515 g/mol. The van der Waals surface area contributed by atoms with Crippen molar-refractivity contribution in [2.75, 3.05) is 38.3 Å². The molecule has 4 rings (SSSR count). The number of benzene rings is 1. The first kappa shape index (κ1) is 26.7. The van der Waals surface area contributed by atoms with Gasteiger partial charge in [0.1, 0.15) is 19.0 Å². The van der Waals surface area contributed by atoms with E-state index in [9.17, 15) is 9.18 Å². The van der Waals surface area contributed by atoms with E-state index < -0.39 is 11.9 Å². The molecule has 1 aromatic heterocycles. The van der Waals surface area contributed by atoms with E-state index in [4.69, 9.17) is 19.0 Å². The number of amides is 1. The van der Waals surface area contributed by atoms with E-state index in [2.05, 4.69) is 25.3 Å². The molecule has 2 aliphatic rings. The van der Waals surface area contributed by atoms with Crippen LogP contribution in [0.25, 0.3) is 11.1 Å². The second-order valence-electron chi connectivity index (χ2n) is 9.06. The summed E-state index contributed by atoms with van der Waals surface area (Å²) in [4.78, 5) is 27.8. The van der Waals surface area contributed by atoms with Crippen molar-refractivity contribution in [1.29, 1.82) is 0 Å². The Bertz CT molecular complexity index is 1050. The van der Waals surface area contributed by atoms with Gasteiger partial charge < -0.3 is 29.3 Å². The zero-order chi connectivity index (χ0) is 26.0. The second kappa shape index (κ2) is 13.3. The maximum absolute atomic E-state index is 15.0. The molecule has 2 unspecified atom stereocenters. The molecule has 2 aliphatic heterocycles. The van der Waals surface area contributed by atoms with Gasteiger partial charge in [0.2, 0.25) is 5.95 Å². The lowest BCUT2D eigenvalue weighted by atomic mass is 10.1. The van der Waals surface area contributed by atoms with Crippen LogP contribution in [0.5, 0.6) is 0 Å². The molecule has 11 heteroatoms. The van der Waals surface area contributed by atoms with Crippen LogP contribution in [0.4, 0.5) is 15.1 Å². The van der Waals surface area contributed by atoms with Gasteiger partial charge in [-0.25, -0.2) is 19.2 Å². The Kier molecular flexibility index (Phi) is 9.61. The number of nitrogens with zero attached hydrogens (tertiary/aromatic N) is 4. The Labute approximate surface area is 216 Å². The lowest BCUT2D eigenvalue weighted by molar-refractivity contribution is -0.193. The van der Waals surface area contributed by atoms with E-state index in [0.29, 0.717) is 36.8 Å². The third-order valence-corrected chi connectivity index (χ3v) is 6.24. The van der Waals surface area contributed by atoms with Crippen LogP contribution in [-0.4, -0.2) is 67.5 Å². The maximum atomic E-state index is 15.0. The van der Waals surface area contributed by atoms with Gasteiger partial charge >= 0.3 is 6.09 Å². The number of ether oxygens (including phenoxy) is 3. The molecule has 0 bridgehead atoms. The smallest absolute Gasteiger partial charge is 0.407 e. The number of nitrogens with one attached hydrogen (secondary N) is 1. The molecule has 1 amide bonds.